The lowest BCUT2D eigenvalue weighted by Crippen LogP contribution is -2.49. The quantitative estimate of drug-likeness (QED) is 0.872. The number of hydrogen-bond donors (Lipinski definition) is 0. The van der Waals surface area contributed by atoms with Gasteiger partial charge in [0.2, 0.25) is 0 Å². The maximum atomic E-state index is 13.9. The fraction of sp³-hybridized carbons (Fsp3) is 0.353. The van der Waals surface area contributed by atoms with Gasteiger partial charge in [0.1, 0.15) is 17.9 Å². The molecule has 1 amide bonds. The third-order valence-corrected chi connectivity index (χ3v) is 4.33. The van der Waals surface area contributed by atoms with Crippen molar-refractivity contribution in [2.75, 3.05) is 26.2 Å². The number of halogens is 2. The van der Waals surface area contributed by atoms with Gasteiger partial charge in [-0.1, -0.05) is 6.07 Å². The number of nitrogens with zero attached hydrogens (tertiary/aromatic N) is 2. The number of rotatable bonds is 3. The van der Waals surface area contributed by atoms with Crippen LogP contribution in [0.25, 0.3) is 0 Å². The smallest absolute Gasteiger partial charge is 0.257 e. The fourth-order valence-electron chi connectivity index (χ4n) is 2.92. The summed E-state index contributed by atoms with van der Waals surface area (Å²) >= 11 is 0. The van der Waals surface area contributed by atoms with Crippen LogP contribution < -0.4 is 0 Å². The van der Waals surface area contributed by atoms with E-state index in [-0.39, 0.29) is 11.9 Å². The zero-order valence-electron chi connectivity index (χ0n) is 12.8. The van der Waals surface area contributed by atoms with Crippen LogP contribution in [0.3, 0.4) is 0 Å². The molecule has 0 spiro atoms. The Morgan fingerprint density at radius 3 is 2.52 bits per heavy atom. The molecule has 0 saturated carbocycles. The van der Waals surface area contributed by atoms with Gasteiger partial charge in [0.25, 0.3) is 5.91 Å². The van der Waals surface area contributed by atoms with Crippen molar-refractivity contribution in [3.8, 4) is 0 Å². The maximum absolute atomic E-state index is 13.9. The van der Waals surface area contributed by atoms with E-state index in [2.05, 4.69) is 4.90 Å². The minimum atomic E-state index is -0.575. The van der Waals surface area contributed by atoms with E-state index in [9.17, 15) is 13.6 Å². The predicted octanol–water partition coefficient (Wildman–Crippen LogP) is 3.08. The zero-order chi connectivity index (χ0) is 16.4. The fourth-order valence-corrected chi connectivity index (χ4v) is 2.92. The van der Waals surface area contributed by atoms with E-state index in [1.165, 1.54) is 24.7 Å². The molecule has 2 heterocycles. The van der Waals surface area contributed by atoms with Crippen molar-refractivity contribution < 1.29 is 18.0 Å². The largest absolute Gasteiger partial charge is 0.472 e. The van der Waals surface area contributed by atoms with E-state index < -0.39 is 11.6 Å². The number of benzene rings is 1. The van der Waals surface area contributed by atoms with Crippen LogP contribution in [-0.2, 0) is 0 Å². The average Bonchev–Trinajstić information content (AvgIpc) is 3.08. The minimum absolute atomic E-state index is 0.0565. The number of piperazine rings is 1. The Morgan fingerprint density at radius 2 is 1.91 bits per heavy atom. The molecule has 1 atom stereocenters. The predicted molar refractivity (Wildman–Crippen MR) is 81.0 cm³/mol. The summed E-state index contributed by atoms with van der Waals surface area (Å²) in [4.78, 5) is 16.1. The van der Waals surface area contributed by atoms with Gasteiger partial charge in [-0.25, -0.2) is 8.78 Å². The molecule has 0 bridgehead atoms. The van der Waals surface area contributed by atoms with E-state index in [1.807, 2.05) is 6.92 Å². The molecule has 0 N–H and O–H groups in total. The Labute approximate surface area is 133 Å². The molecule has 1 saturated heterocycles. The first kappa shape index (κ1) is 15.7. The first-order chi connectivity index (χ1) is 11.1. The number of carbonyl (C=O) groups excluding carboxylic acids is 1. The van der Waals surface area contributed by atoms with Crippen molar-refractivity contribution in [1.82, 2.24) is 9.80 Å². The molecular weight excluding hydrogens is 302 g/mol. The third kappa shape index (κ3) is 3.27. The van der Waals surface area contributed by atoms with Crippen molar-refractivity contribution in [2.45, 2.75) is 13.0 Å². The summed E-state index contributed by atoms with van der Waals surface area (Å²) in [6.07, 6.45) is 2.91. The van der Waals surface area contributed by atoms with Crippen molar-refractivity contribution in [1.29, 1.82) is 0 Å². The van der Waals surface area contributed by atoms with Crippen LogP contribution >= 0.6 is 0 Å². The second-order valence-electron chi connectivity index (χ2n) is 5.68. The van der Waals surface area contributed by atoms with Gasteiger partial charge in [0.15, 0.2) is 0 Å². The van der Waals surface area contributed by atoms with Gasteiger partial charge in [0.05, 0.1) is 11.8 Å². The molecule has 1 aliphatic rings. The van der Waals surface area contributed by atoms with Gasteiger partial charge in [-0.3, -0.25) is 9.69 Å². The van der Waals surface area contributed by atoms with E-state index in [0.29, 0.717) is 37.3 Å². The van der Waals surface area contributed by atoms with Gasteiger partial charge < -0.3 is 9.32 Å². The lowest BCUT2D eigenvalue weighted by atomic mass is 10.1. The highest BCUT2D eigenvalue weighted by Crippen LogP contribution is 2.25. The second-order valence-corrected chi connectivity index (χ2v) is 5.68. The van der Waals surface area contributed by atoms with E-state index in [0.717, 1.165) is 6.07 Å². The van der Waals surface area contributed by atoms with Crippen molar-refractivity contribution in [3.05, 3.63) is 59.6 Å². The molecule has 0 unspecified atom stereocenters. The monoisotopic (exact) mass is 320 g/mol. The molecule has 0 radical (unpaired) electrons. The Bertz CT molecular complexity index is 680. The maximum Gasteiger partial charge on any atom is 0.257 e. The second kappa shape index (κ2) is 6.50. The Balaban J connectivity index is 1.63. The lowest BCUT2D eigenvalue weighted by molar-refractivity contribution is 0.0578. The Hall–Kier alpha value is -2.21. The molecule has 1 aliphatic heterocycles. The molecule has 1 fully saturated rings. The summed E-state index contributed by atoms with van der Waals surface area (Å²) in [7, 11) is 0. The molecule has 3 rings (SSSR count). The van der Waals surface area contributed by atoms with E-state index in [1.54, 1.807) is 11.0 Å². The number of amides is 1. The molecule has 1 aromatic heterocycles. The molecule has 122 valence electrons. The van der Waals surface area contributed by atoms with Crippen LogP contribution in [0.4, 0.5) is 8.78 Å². The highest BCUT2D eigenvalue weighted by molar-refractivity contribution is 5.93. The third-order valence-electron chi connectivity index (χ3n) is 4.33. The number of furan rings is 1. The first-order valence-electron chi connectivity index (χ1n) is 7.56. The SMILES string of the molecule is C[C@@H](c1ccc(F)cc1F)N1CCN(C(=O)c2ccoc2)CC1. The Kier molecular flexibility index (Phi) is 4.43. The van der Waals surface area contributed by atoms with Crippen molar-refractivity contribution in [2.24, 2.45) is 0 Å². The lowest BCUT2D eigenvalue weighted by Gasteiger charge is -2.38. The molecule has 23 heavy (non-hydrogen) atoms. The van der Waals surface area contributed by atoms with Crippen molar-refractivity contribution in [3.63, 3.8) is 0 Å². The number of hydrogen-bond acceptors (Lipinski definition) is 3. The standard InChI is InChI=1S/C17H18F2N2O2/c1-12(15-3-2-14(18)10-16(15)19)20-5-7-21(8-6-20)17(22)13-4-9-23-11-13/h2-4,9-12H,5-8H2,1H3/t12-/m0/s1. The zero-order valence-corrected chi connectivity index (χ0v) is 12.8. The summed E-state index contributed by atoms with van der Waals surface area (Å²) in [5.41, 5.74) is 1.01. The average molecular weight is 320 g/mol. The minimum Gasteiger partial charge on any atom is -0.472 e. The van der Waals surface area contributed by atoms with Crippen molar-refractivity contribution >= 4 is 5.91 Å². The highest BCUT2D eigenvalue weighted by Gasteiger charge is 2.26. The summed E-state index contributed by atoms with van der Waals surface area (Å²) in [6, 6.07) is 5.14. The van der Waals surface area contributed by atoms with Crippen LogP contribution in [0.2, 0.25) is 0 Å². The summed E-state index contributed by atoms with van der Waals surface area (Å²) in [5.74, 6) is -1.16. The van der Waals surface area contributed by atoms with Crippen LogP contribution in [0.5, 0.6) is 0 Å². The van der Waals surface area contributed by atoms with Gasteiger partial charge >= 0.3 is 0 Å². The van der Waals surface area contributed by atoms with Gasteiger partial charge in [-0.15, -0.1) is 0 Å². The summed E-state index contributed by atoms with van der Waals surface area (Å²) in [5, 5.41) is 0. The Morgan fingerprint density at radius 1 is 1.17 bits per heavy atom. The molecule has 2 aromatic rings. The van der Waals surface area contributed by atoms with E-state index >= 15 is 0 Å². The molecule has 6 heteroatoms. The van der Waals surface area contributed by atoms with Gasteiger partial charge in [0, 0.05) is 43.9 Å². The summed E-state index contributed by atoms with van der Waals surface area (Å²) < 4.78 is 31.9. The number of carbonyl (C=O) groups is 1. The topological polar surface area (TPSA) is 36.7 Å². The van der Waals surface area contributed by atoms with Gasteiger partial charge in [-0.05, 0) is 19.1 Å². The van der Waals surface area contributed by atoms with Crippen LogP contribution in [0, 0.1) is 11.6 Å². The molecular formula is C17H18F2N2O2. The molecule has 4 nitrogen and oxygen atoms in total. The normalized spacial score (nSPS) is 17.3. The first-order valence-corrected chi connectivity index (χ1v) is 7.56. The van der Waals surface area contributed by atoms with Crippen LogP contribution in [0.1, 0.15) is 28.9 Å². The molecule has 0 aliphatic carbocycles. The van der Waals surface area contributed by atoms with E-state index in [4.69, 9.17) is 4.42 Å². The molecule has 1 aromatic carbocycles. The van der Waals surface area contributed by atoms with Crippen LogP contribution in [0.15, 0.2) is 41.2 Å². The van der Waals surface area contributed by atoms with Crippen LogP contribution in [-0.4, -0.2) is 41.9 Å². The van der Waals surface area contributed by atoms with Gasteiger partial charge in [-0.2, -0.15) is 0 Å². The highest BCUT2D eigenvalue weighted by atomic mass is 19.1. The summed E-state index contributed by atoms with van der Waals surface area (Å²) in [6.45, 7) is 4.31.